The fraction of sp³-hybridized carbons (Fsp3) is 0.429. The van der Waals surface area contributed by atoms with Crippen molar-refractivity contribution in [3.8, 4) is 0 Å². The van der Waals surface area contributed by atoms with Gasteiger partial charge in [-0.05, 0) is 34.5 Å². The molecule has 0 fully saturated rings. The third kappa shape index (κ3) is 2.77. The molecule has 7 heteroatoms. The molecule has 0 atom stereocenters. The van der Waals surface area contributed by atoms with Crippen LogP contribution in [0.2, 0.25) is 0 Å². The minimum absolute atomic E-state index is 0.315. The third-order valence-electron chi connectivity index (χ3n) is 1.40. The van der Waals surface area contributed by atoms with Gasteiger partial charge in [0.15, 0.2) is 0 Å². The zero-order chi connectivity index (χ0) is 10.9. The summed E-state index contributed by atoms with van der Waals surface area (Å²) in [6.07, 6.45) is 0. The molecule has 0 aliphatic rings. The summed E-state index contributed by atoms with van der Waals surface area (Å²) in [4.78, 5) is 2.37. The van der Waals surface area contributed by atoms with E-state index in [2.05, 4.69) is 20.8 Å². The van der Waals surface area contributed by atoms with Crippen molar-refractivity contribution in [2.24, 2.45) is 0 Å². The van der Waals surface area contributed by atoms with E-state index in [1.54, 1.807) is 20.2 Å². The Labute approximate surface area is 96.1 Å². The second-order valence-electron chi connectivity index (χ2n) is 3.01. The first-order valence-corrected chi connectivity index (χ1v) is 6.88. The predicted octanol–water partition coefficient (Wildman–Crippen LogP) is 1.57. The van der Waals surface area contributed by atoms with Crippen LogP contribution in [0.4, 0.5) is 0 Å². The quantitative estimate of drug-likeness (QED) is 0.862. The highest BCUT2D eigenvalue weighted by Crippen LogP contribution is 2.30. The van der Waals surface area contributed by atoms with E-state index in [1.807, 2.05) is 6.92 Å². The van der Waals surface area contributed by atoms with Gasteiger partial charge in [0.1, 0.15) is 4.21 Å². The number of nitrogens with zero attached hydrogens (tertiary/aromatic N) is 1. The summed E-state index contributed by atoms with van der Waals surface area (Å²) in [5, 5.41) is 1.40. The fourth-order valence-electron chi connectivity index (χ4n) is 0.850. The van der Waals surface area contributed by atoms with Gasteiger partial charge in [0.05, 0.1) is 3.79 Å². The molecule has 14 heavy (non-hydrogen) atoms. The van der Waals surface area contributed by atoms with E-state index in [0.29, 0.717) is 4.21 Å². The molecular formula is C7H11BrN2O2S2. The molecule has 0 aromatic carbocycles. The first kappa shape index (κ1) is 12.1. The van der Waals surface area contributed by atoms with E-state index in [4.69, 9.17) is 0 Å². The second kappa shape index (κ2) is 4.28. The lowest BCUT2D eigenvalue weighted by atomic mass is 10.4. The Kier molecular flexibility index (Phi) is 3.70. The number of nitrogens with one attached hydrogen (secondary N) is 1. The monoisotopic (exact) mass is 298 g/mol. The fourth-order valence-corrected chi connectivity index (χ4v) is 4.14. The van der Waals surface area contributed by atoms with Crippen LogP contribution in [0.1, 0.15) is 5.56 Å². The van der Waals surface area contributed by atoms with Crippen molar-refractivity contribution in [3.05, 3.63) is 15.4 Å². The first-order valence-electron chi connectivity index (χ1n) is 3.78. The Balaban J connectivity index is 3.05. The zero-order valence-electron chi connectivity index (χ0n) is 8.04. The largest absolute Gasteiger partial charge is 0.262 e. The van der Waals surface area contributed by atoms with Crippen LogP contribution in [0.25, 0.3) is 0 Å². The molecule has 80 valence electrons. The minimum Gasteiger partial charge on any atom is -0.237 e. The summed E-state index contributed by atoms with van der Waals surface area (Å²) in [5.41, 5.74) is 0.925. The van der Waals surface area contributed by atoms with Crippen molar-refractivity contribution in [2.45, 2.75) is 11.1 Å². The lowest BCUT2D eigenvalue weighted by Gasteiger charge is -2.10. The first-order chi connectivity index (χ1) is 6.33. The summed E-state index contributed by atoms with van der Waals surface area (Å²) >= 11 is 4.49. The predicted molar refractivity (Wildman–Crippen MR) is 60.8 cm³/mol. The Hall–Kier alpha value is 0.0500. The highest BCUT2D eigenvalue weighted by Gasteiger charge is 2.18. The molecule has 0 aliphatic carbocycles. The average Bonchev–Trinajstić information content (AvgIpc) is 2.30. The number of halogens is 1. The van der Waals surface area contributed by atoms with Gasteiger partial charge < -0.3 is 0 Å². The van der Waals surface area contributed by atoms with Crippen molar-refractivity contribution in [1.29, 1.82) is 0 Å². The number of sulfonamides is 1. The van der Waals surface area contributed by atoms with Gasteiger partial charge in [-0.25, -0.2) is 13.4 Å². The highest BCUT2D eigenvalue weighted by atomic mass is 79.9. The molecule has 0 spiro atoms. The van der Waals surface area contributed by atoms with Crippen LogP contribution in [0.3, 0.4) is 0 Å². The van der Waals surface area contributed by atoms with Crippen LogP contribution in [0, 0.1) is 6.92 Å². The van der Waals surface area contributed by atoms with Crippen LogP contribution >= 0.6 is 27.3 Å². The number of hydrogen-bond donors (Lipinski definition) is 1. The third-order valence-corrected chi connectivity index (χ3v) is 5.49. The van der Waals surface area contributed by atoms with Crippen LogP contribution < -0.4 is 4.83 Å². The highest BCUT2D eigenvalue weighted by molar-refractivity contribution is 9.11. The van der Waals surface area contributed by atoms with Gasteiger partial charge in [-0.1, -0.05) is 0 Å². The van der Waals surface area contributed by atoms with Crippen molar-refractivity contribution in [1.82, 2.24) is 9.84 Å². The molecule has 4 nitrogen and oxygen atoms in total. The van der Waals surface area contributed by atoms with Crippen molar-refractivity contribution >= 4 is 37.3 Å². The van der Waals surface area contributed by atoms with E-state index in [-0.39, 0.29) is 0 Å². The smallest absolute Gasteiger partial charge is 0.237 e. The molecule has 1 heterocycles. The minimum atomic E-state index is -3.40. The van der Waals surface area contributed by atoms with Gasteiger partial charge in [-0.3, -0.25) is 0 Å². The van der Waals surface area contributed by atoms with E-state index in [9.17, 15) is 8.42 Å². The van der Waals surface area contributed by atoms with Gasteiger partial charge in [0.2, 0.25) is 0 Å². The number of hydrazine groups is 1. The van der Waals surface area contributed by atoms with Gasteiger partial charge in [-0.15, -0.1) is 16.2 Å². The number of hydrogen-bond acceptors (Lipinski definition) is 4. The molecule has 0 amide bonds. The topological polar surface area (TPSA) is 49.4 Å². The van der Waals surface area contributed by atoms with Crippen LogP contribution in [0.5, 0.6) is 0 Å². The molecule has 0 unspecified atom stereocenters. The zero-order valence-corrected chi connectivity index (χ0v) is 11.3. The number of thiophene rings is 1. The maximum absolute atomic E-state index is 11.6. The lowest BCUT2D eigenvalue weighted by molar-refractivity contribution is 0.364. The normalized spacial score (nSPS) is 12.4. The van der Waals surface area contributed by atoms with Gasteiger partial charge in [0.25, 0.3) is 10.0 Å². The maximum atomic E-state index is 11.6. The molecule has 1 aromatic heterocycles. The Morgan fingerprint density at radius 3 is 2.43 bits per heavy atom. The summed E-state index contributed by atoms with van der Waals surface area (Å²) in [6, 6.07) is 1.64. The van der Waals surface area contributed by atoms with Gasteiger partial charge in [-0.2, -0.15) is 0 Å². The molecule has 0 radical (unpaired) electrons. The molecular weight excluding hydrogens is 288 g/mol. The molecule has 0 saturated carbocycles. The summed E-state index contributed by atoms with van der Waals surface area (Å²) in [6.45, 7) is 1.86. The molecule has 0 bridgehead atoms. The van der Waals surface area contributed by atoms with Crippen molar-refractivity contribution in [3.63, 3.8) is 0 Å². The molecule has 1 aromatic rings. The van der Waals surface area contributed by atoms with Gasteiger partial charge >= 0.3 is 0 Å². The standard InChI is InChI=1S/C7H11BrN2O2S2/c1-5-4-6(13-7(5)8)14(11,12)9-10(2)3/h4,9H,1-3H3. The Morgan fingerprint density at radius 1 is 1.50 bits per heavy atom. The van der Waals surface area contributed by atoms with Crippen molar-refractivity contribution in [2.75, 3.05) is 14.1 Å². The van der Waals surface area contributed by atoms with E-state index in [0.717, 1.165) is 9.35 Å². The number of rotatable bonds is 3. The average molecular weight is 299 g/mol. The second-order valence-corrected chi connectivity index (χ2v) is 7.27. The molecule has 1 N–H and O–H groups in total. The number of aryl methyl sites for hydroxylation is 1. The van der Waals surface area contributed by atoms with E-state index < -0.39 is 10.0 Å². The molecule has 1 rings (SSSR count). The Bertz CT molecular complexity index is 405. The van der Waals surface area contributed by atoms with Crippen LogP contribution in [-0.4, -0.2) is 27.5 Å². The molecule has 0 aliphatic heterocycles. The Morgan fingerprint density at radius 2 is 2.07 bits per heavy atom. The summed E-state index contributed by atoms with van der Waals surface area (Å²) < 4.78 is 24.4. The van der Waals surface area contributed by atoms with E-state index >= 15 is 0 Å². The van der Waals surface area contributed by atoms with E-state index in [1.165, 1.54) is 16.3 Å². The van der Waals surface area contributed by atoms with Gasteiger partial charge in [0, 0.05) is 14.1 Å². The summed E-state index contributed by atoms with van der Waals surface area (Å²) in [7, 11) is -0.133. The lowest BCUT2D eigenvalue weighted by Crippen LogP contribution is -2.35. The maximum Gasteiger partial charge on any atom is 0.262 e. The van der Waals surface area contributed by atoms with Crippen LogP contribution in [-0.2, 0) is 10.0 Å². The summed E-state index contributed by atoms with van der Waals surface area (Å²) in [5.74, 6) is 0. The van der Waals surface area contributed by atoms with Crippen molar-refractivity contribution < 1.29 is 8.42 Å². The van der Waals surface area contributed by atoms with Crippen LogP contribution in [0.15, 0.2) is 14.1 Å². The SMILES string of the molecule is Cc1cc(S(=O)(=O)NN(C)C)sc1Br. The molecule has 0 saturated heterocycles.